The van der Waals surface area contributed by atoms with Crippen LogP contribution >= 0.6 is 0 Å². The first-order chi connectivity index (χ1) is 8.75. The molecule has 1 aromatic carbocycles. The Bertz CT molecular complexity index is 593. The van der Waals surface area contributed by atoms with Crippen molar-refractivity contribution in [2.24, 2.45) is 7.05 Å². The van der Waals surface area contributed by atoms with Crippen molar-refractivity contribution < 1.29 is 4.21 Å². The molecule has 2 unspecified atom stereocenters. The summed E-state index contributed by atoms with van der Waals surface area (Å²) in [5.41, 5.74) is 2.14. The zero-order valence-electron chi connectivity index (χ0n) is 10.4. The van der Waals surface area contributed by atoms with Crippen LogP contribution in [0.5, 0.6) is 0 Å². The van der Waals surface area contributed by atoms with E-state index in [-0.39, 0.29) is 6.04 Å². The van der Waals surface area contributed by atoms with Crippen molar-refractivity contribution >= 4 is 21.8 Å². The van der Waals surface area contributed by atoms with Crippen molar-refractivity contribution in [1.82, 2.24) is 14.9 Å². The minimum atomic E-state index is -0.734. The number of rotatable bonds is 1. The summed E-state index contributed by atoms with van der Waals surface area (Å²) < 4.78 is 13.9. The molecule has 0 spiro atoms. The average molecular weight is 263 g/mol. The molecule has 0 aliphatic carbocycles. The van der Waals surface area contributed by atoms with Gasteiger partial charge in [-0.15, -0.1) is 0 Å². The van der Waals surface area contributed by atoms with Gasteiger partial charge in [-0.3, -0.25) is 4.21 Å². The van der Waals surface area contributed by atoms with Crippen LogP contribution in [-0.2, 0) is 17.8 Å². The molecule has 1 saturated heterocycles. The Hall–Kier alpha value is -1.20. The van der Waals surface area contributed by atoms with E-state index >= 15 is 0 Å². The van der Waals surface area contributed by atoms with Crippen LogP contribution in [-0.4, -0.2) is 31.8 Å². The molecule has 0 saturated carbocycles. The fraction of sp³-hybridized carbons (Fsp3) is 0.462. The molecular formula is C13H17N3OS. The maximum Gasteiger partial charge on any atom is 0.127 e. The van der Waals surface area contributed by atoms with E-state index in [4.69, 9.17) is 0 Å². The Morgan fingerprint density at radius 1 is 1.44 bits per heavy atom. The van der Waals surface area contributed by atoms with E-state index in [0.717, 1.165) is 35.6 Å². The molecule has 2 atom stereocenters. The summed E-state index contributed by atoms with van der Waals surface area (Å²) in [4.78, 5) is 4.68. The molecule has 5 heteroatoms. The lowest BCUT2D eigenvalue weighted by Gasteiger charge is -2.14. The van der Waals surface area contributed by atoms with Crippen LogP contribution in [0.15, 0.2) is 24.3 Å². The topological polar surface area (TPSA) is 46.9 Å². The van der Waals surface area contributed by atoms with Gasteiger partial charge in [-0.05, 0) is 25.1 Å². The predicted molar refractivity (Wildman–Crippen MR) is 74.0 cm³/mol. The second-order valence-corrected chi connectivity index (χ2v) is 6.31. The number of para-hydroxylation sites is 2. The number of fused-ring (bicyclic) bond motifs is 1. The van der Waals surface area contributed by atoms with Crippen molar-refractivity contribution in [2.45, 2.75) is 12.5 Å². The van der Waals surface area contributed by atoms with E-state index in [9.17, 15) is 4.21 Å². The maximum absolute atomic E-state index is 11.8. The molecule has 0 amide bonds. The van der Waals surface area contributed by atoms with Gasteiger partial charge in [-0.1, -0.05) is 12.1 Å². The second kappa shape index (κ2) is 4.82. The minimum Gasteiger partial charge on any atom is -0.330 e. The first kappa shape index (κ1) is 11.9. The fourth-order valence-corrected chi connectivity index (χ4v) is 3.75. The highest BCUT2D eigenvalue weighted by atomic mass is 32.2. The predicted octanol–water partition coefficient (Wildman–Crippen LogP) is 1.36. The number of nitrogens with zero attached hydrogens (tertiary/aromatic N) is 2. The quantitative estimate of drug-likeness (QED) is 0.845. The van der Waals surface area contributed by atoms with Crippen molar-refractivity contribution in [3.8, 4) is 0 Å². The van der Waals surface area contributed by atoms with E-state index in [1.54, 1.807) is 0 Å². The standard InChI is InChI=1S/C13H17N3OS/c1-16-12-6-3-2-5-10(12)15-13(16)11-9-18(17)8-4-7-14-11/h2-3,5-6,11,14H,4,7-9H2,1H3. The van der Waals surface area contributed by atoms with Crippen LogP contribution in [0.4, 0.5) is 0 Å². The van der Waals surface area contributed by atoms with Gasteiger partial charge in [0.15, 0.2) is 0 Å². The highest BCUT2D eigenvalue weighted by molar-refractivity contribution is 7.85. The lowest BCUT2D eigenvalue weighted by Crippen LogP contribution is -2.26. The Kier molecular flexibility index (Phi) is 3.18. The monoisotopic (exact) mass is 263 g/mol. The molecule has 18 heavy (non-hydrogen) atoms. The number of aryl methyl sites for hydroxylation is 1. The normalized spacial score (nSPS) is 25.2. The number of hydrogen-bond donors (Lipinski definition) is 1. The van der Waals surface area contributed by atoms with Crippen LogP contribution in [0.3, 0.4) is 0 Å². The summed E-state index contributed by atoms with van der Waals surface area (Å²) in [7, 11) is 1.29. The molecule has 1 aliphatic heterocycles. The first-order valence-corrected chi connectivity index (χ1v) is 7.74. The van der Waals surface area contributed by atoms with Gasteiger partial charge in [-0.2, -0.15) is 0 Å². The highest BCUT2D eigenvalue weighted by Gasteiger charge is 2.22. The zero-order valence-corrected chi connectivity index (χ0v) is 11.2. The summed E-state index contributed by atoms with van der Waals surface area (Å²) in [5.74, 6) is 2.45. The van der Waals surface area contributed by atoms with Gasteiger partial charge in [-0.25, -0.2) is 4.98 Å². The number of nitrogens with one attached hydrogen (secondary N) is 1. The van der Waals surface area contributed by atoms with E-state index in [0.29, 0.717) is 5.75 Å². The highest BCUT2D eigenvalue weighted by Crippen LogP contribution is 2.21. The Morgan fingerprint density at radius 2 is 2.28 bits per heavy atom. The minimum absolute atomic E-state index is 0.103. The van der Waals surface area contributed by atoms with E-state index in [1.807, 2.05) is 25.2 Å². The third-order valence-corrected chi connectivity index (χ3v) is 4.87. The molecule has 0 bridgehead atoms. The summed E-state index contributed by atoms with van der Waals surface area (Å²) in [6.45, 7) is 0.916. The van der Waals surface area contributed by atoms with Crippen molar-refractivity contribution in [3.05, 3.63) is 30.1 Å². The lowest BCUT2D eigenvalue weighted by molar-refractivity contribution is 0.546. The number of imidazole rings is 1. The largest absolute Gasteiger partial charge is 0.330 e. The first-order valence-electron chi connectivity index (χ1n) is 6.25. The summed E-state index contributed by atoms with van der Waals surface area (Å²) in [5, 5.41) is 3.45. The third kappa shape index (κ3) is 2.08. The molecule has 2 heterocycles. The Morgan fingerprint density at radius 3 is 3.11 bits per heavy atom. The van der Waals surface area contributed by atoms with Crippen molar-refractivity contribution in [1.29, 1.82) is 0 Å². The third-order valence-electron chi connectivity index (χ3n) is 3.43. The van der Waals surface area contributed by atoms with Crippen LogP contribution in [0.1, 0.15) is 18.3 Å². The molecular weight excluding hydrogens is 246 g/mol. The van der Waals surface area contributed by atoms with Gasteiger partial charge in [0, 0.05) is 29.4 Å². The molecule has 0 radical (unpaired) electrons. The Balaban J connectivity index is 2.02. The van der Waals surface area contributed by atoms with Gasteiger partial charge < -0.3 is 9.88 Å². The molecule has 3 rings (SSSR count). The van der Waals surface area contributed by atoms with E-state index in [2.05, 4.69) is 20.9 Å². The molecule has 1 N–H and O–H groups in total. The average Bonchev–Trinajstić information content (AvgIpc) is 2.56. The van der Waals surface area contributed by atoms with Gasteiger partial charge >= 0.3 is 0 Å². The van der Waals surface area contributed by atoms with Gasteiger partial charge in [0.2, 0.25) is 0 Å². The SMILES string of the molecule is Cn1c(C2CS(=O)CCCN2)nc2ccccc21. The molecule has 1 aliphatic rings. The number of aromatic nitrogens is 2. The second-order valence-electron chi connectivity index (χ2n) is 4.69. The van der Waals surface area contributed by atoms with Gasteiger partial charge in [0.25, 0.3) is 0 Å². The zero-order chi connectivity index (χ0) is 12.5. The van der Waals surface area contributed by atoms with Gasteiger partial charge in [0.1, 0.15) is 5.82 Å². The Labute approximate surface area is 109 Å². The molecule has 1 fully saturated rings. The van der Waals surface area contributed by atoms with Gasteiger partial charge in [0.05, 0.1) is 17.1 Å². The van der Waals surface area contributed by atoms with Crippen molar-refractivity contribution in [2.75, 3.05) is 18.1 Å². The van der Waals surface area contributed by atoms with E-state index in [1.165, 1.54) is 0 Å². The summed E-state index contributed by atoms with van der Waals surface area (Å²) in [6.07, 6.45) is 0.979. The van der Waals surface area contributed by atoms with E-state index < -0.39 is 10.8 Å². The molecule has 2 aromatic rings. The number of benzene rings is 1. The fourth-order valence-electron chi connectivity index (χ4n) is 2.48. The van der Waals surface area contributed by atoms with Crippen LogP contribution < -0.4 is 5.32 Å². The molecule has 96 valence electrons. The van der Waals surface area contributed by atoms with Crippen molar-refractivity contribution in [3.63, 3.8) is 0 Å². The lowest BCUT2D eigenvalue weighted by atomic mass is 10.3. The molecule has 1 aromatic heterocycles. The van der Waals surface area contributed by atoms with Crippen LogP contribution in [0, 0.1) is 0 Å². The molecule has 4 nitrogen and oxygen atoms in total. The summed E-state index contributed by atoms with van der Waals surface area (Å²) in [6, 6.07) is 8.21. The number of hydrogen-bond acceptors (Lipinski definition) is 3. The summed E-state index contributed by atoms with van der Waals surface area (Å²) >= 11 is 0. The van der Waals surface area contributed by atoms with Crippen LogP contribution in [0.2, 0.25) is 0 Å². The maximum atomic E-state index is 11.8. The smallest absolute Gasteiger partial charge is 0.127 e. The van der Waals surface area contributed by atoms with Crippen LogP contribution in [0.25, 0.3) is 11.0 Å².